The lowest BCUT2D eigenvalue weighted by molar-refractivity contribution is 0.0368. The quantitative estimate of drug-likeness (QED) is 0.762. The summed E-state index contributed by atoms with van der Waals surface area (Å²) < 4.78 is 11.2. The van der Waals surface area contributed by atoms with Gasteiger partial charge in [0.05, 0.1) is 5.41 Å². The van der Waals surface area contributed by atoms with Crippen LogP contribution in [0.15, 0.2) is 23.1 Å². The molecule has 2 aromatic heterocycles. The van der Waals surface area contributed by atoms with Crippen molar-refractivity contribution < 1.29 is 14.1 Å². The van der Waals surface area contributed by atoms with Gasteiger partial charge in [-0.2, -0.15) is 4.98 Å². The standard InChI is InChI=1S/C19H24N6O3/c1-13-22-18(28-23-13)19-10-24(15-3-6-27-7-4-15)8-14(19)9-25(11-19)17(26)16-2-5-20-12-21-16/h2,5,12,14-15H,3-4,6-11H2,1H3/t14-,19-/m1/s1. The number of nitrogens with zero attached hydrogens (tertiary/aromatic N) is 6. The molecule has 5 rings (SSSR count). The molecule has 2 aromatic rings. The Balaban J connectivity index is 1.42. The van der Waals surface area contributed by atoms with Crippen molar-refractivity contribution in [2.24, 2.45) is 5.92 Å². The van der Waals surface area contributed by atoms with Gasteiger partial charge in [-0.05, 0) is 25.8 Å². The van der Waals surface area contributed by atoms with Gasteiger partial charge >= 0.3 is 0 Å². The maximum Gasteiger partial charge on any atom is 0.272 e. The van der Waals surface area contributed by atoms with Gasteiger partial charge < -0.3 is 14.2 Å². The molecule has 3 aliphatic heterocycles. The average molecular weight is 384 g/mol. The second-order valence-corrected chi connectivity index (χ2v) is 8.05. The predicted molar refractivity (Wildman–Crippen MR) is 97.6 cm³/mol. The third-order valence-corrected chi connectivity index (χ3v) is 6.38. The van der Waals surface area contributed by atoms with Crippen LogP contribution in [0.4, 0.5) is 0 Å². The van der Waals surface area contributed by atoms with E-state index in [1.807, 2.05) is 11.8 Å². The summed E-state index contributed by atoms with van der Waals surface area (Å²) in [6.45, 7) is 6.47. The molecule has 0 unspecified atom stereocenters. The van der Waals surface area contributed by atoms with Crippen molar-refractivity contribution >= 4 is 5.91 Å². The Morgan fingerprint density at radius 1 is 1.25 bits per heavy atom. The van der Waals surface area contributed by atoms with Crippen molar-refractivity contribution in [2.45, 2.75) is 31.2 Å². The Hall–Kier alpha value is -2.39. The molecule has 0 aromatic carbocycles. The van der Waals surface area contributed by atoms with Gasteiger partial charge in [0.15, 0.2) is 5.82 Å². The van der Waals surface area contributed by atoms with Gasteiger partial charge in [0.1, 0.15) is 12.0 Å². The molecule has 0 aliphatic carbocycles. The number of fused-ring (bicyclic) bond motifs is 1. The van der Waals surface area contributed by atoms with E-state index in [-0.39, 0.29) is 17.2 Å². The van der Waals surface area contributed by atoms with Gasteiger partial charge in [0.25, 0.3) is 5.91 Å². The molecule has 5 heterocycles. The third kappa shape index (κ3) is 2.89. The second kappa shape index (κ2) is 6.89. The van der Waals surface area contributed by atoms with E-state index in [0.29, 0.717) is 36.5 Å². The van der Waals surface area contributed by atoms with Crippen LogP contribution in [0.1, 0.15) is 35.0 Å². The third-order valence-electron chi connectivity index (χ3n) is 6.38. The van der Waals surface area contributed by atoms with Crippen LogP contribution in [0.3, 0.4) is 0 Å². The van der Waals surface area contributed by atoms with Crippen molar-refractivity contribution in [1.82, 2.24) is 29.9 Å². The molecule has 3 saturated heterocycles. The number of likely N-dealkylation sites (tertiary alicyclic amines) is 2. The lowest BCUT2D eigenvalue weighted by Gasteiger charge is -2.33. The van der Waals surface area contributed by atoms with Crippen molar-refractivity contribution in [3.8, 4) is 0 Å². The van der Waals surface area contributed by atoms with Crippen LogP contribution in [0.25, 0.3) is 0 Å². The fraction of sp³-hybridized carbons (Fsp3) is 0.632. The second-order valence-electron chi connectivity index (χ2n) is 8.05. The number of amides is 1. The highest BCUT2D eigenvalue weighted by Gasteiger charge is 2.58. The summed E-state index contributed by atoms with van der Waals surface area (Å²) in [7, 11) is 0. The van der Waals surface area contributed by atoms with Crippen LogP contribution in [-0.4, -0.2) is 81.3 Å². The summed E-state index contributed by atoms with van der Waals surface area (Å²) in [6.07, 6.45) is 5.11. The SMILES string of the molecule is Cc1noc([C@]23CN(C(=O)c4ccncn4)C[C@H]2CN(C2CCOCC2)C3)n1. The average Bonchev–Trinajstić information content (AvgIpc) is 3.41. The number of carbonyl (C=O) groups excluding carboxylic acids is 1. The lowest BCUT2D eigenvalue weighted by Crippen LogP contribution is -2.44. The molecule has 2 atom stereocenters. The Labute approximate surface area is 163 Å². The normalized spacial score (nSPS) is 28.6. The van der Waals surface area contributed by atoms with Gasteiger partial charge in [-0.1, -0.05) is 5.16 Å². The van der Waals surface area contributed by atoms with Crippen molar-refractivity contribution in [3.63, 3.8) is 0 Å². The number of rotatable bonds is 3. The van der Waals surface area contributed by atoms with Crippen LogP contribution in [-0.2, 0) is 10.2 Å². The highest BCUT2D eigenvalue weighted by Crippen LogP contribution is 2.45. The van der Waals surface area contributed by atoms with E-state index in [1.165, 1.54) is 6.33 Å². The summed E-state index contributed by atoms with van der Waals surface area (Å²) in [5.41, 5.74) is 0.107. The maximum atomic E-state index is 13.0. The van der Waals surface area contributed by atoms with Gasteiger partial charge in [-0.15, -0.1) is 0 Å². The molecule has 0 N–H and O–H groups in total. The lowest BCUT2D eigenvalue weighted by atomic mass is 9.81. The molecule has 1 amide bonds. The fourth-order valence-electron chi connectivity index (χ4n) is 4.97. The van der Waals surface area contributed by atoms with Crippen LogP contribution in [0.5, 0.6) is 0 Å². The van der Waals surface area contributed by atoms with Gasteiger partial charge in [-0.3, -0.25) is 9.69 Å². The molecule has 3 fully saturated rings. The number of ether oxygens (including phenoxy) is 1. The number of aromatic nitrogens is 4. The first kappa shape index (κ1) is 17.7. The van der Waals surface area contributed by atoms with Crippen LogP contribution < -0.4 is 0 Å². The molecule has 0 saturated carbocycles. The van der Waals surface area contributed by atoms with Gasteiger partial charge in [0, 0.05) is 57.5 Å². The molecule has 9 heteroatoms. The summed E-state index contributed by atoms with van der Waals surface area (Å²) in [4.78, 5) is 30.0. The molecule has 3 aliphatic rings. The highest BCUT2D eigenvalue weighted by molar-refractivity contribution is 5.92. The number of aryl methyl sites for hydroxylation is 1. The largest absolute Gasteiger partial charge is 0.381 e. The molecule has 9 nitrogen and oxygen atoms in total. The topological polar surface area (TPSA) is 97.5 Å². The van der Waals surface area contributed by atoms with E-state index in [1.54, 1.807) is 12.3 Å². The van der Waals surface area contributed by atoms with Crippen molar-refractivity contribution in [3.05, 3.63) is 36.0 Å². The van der Waals surface area contributed by atoms with E-state index in [9.17, 15) is 4.79 Å². The smallest absolute Gasteiger partial charge is 0.272 e. The molecule has 0 radical (unpaired) electrons. The minimum absolute atomic E-state index is 0.0648. The van der Waals surface area contributed by atoms with E-state index in [2.05, 4.69) is 25.0 Å². The molecular weight excluding hydrogens is 360 g/mol. The summed E-state index contributed by atoms with van der Waals surface area (Å²) >= 11 is 0. The van der Waals surface area contributed by atoms with Crippen molar-refractivity contribution in [1.29, 1.82) is 0 Å². The Morgan fingerprint density at radius 3 is 2.82 bits per heavy atom. The molecular formula is C19H24N6O3. The summed E-state index contributed by atoms with van der Waals surface area (Å²) in [5.74, 6) is 1.49. The van der Waals surface area contributed by atoms with E-state index < -0.39 is 0 Å². The van der Waals surface area contributed by atoms with Crippen molar-refractivity contribution in [2.75, 3.05) is 39.4 Å². The van der Waals surface area contributed by atoms with E-state index >= 15 is 0 Å². The summed E-state index contributed by atoms with van der Waals surface area (Å²) in [6, 6.07) is 2.18. The number of carbonyl (C=O) groups is 1. The zero-order chi connectivity index (χ0) is 19.1. The molecule has 0 spiro atoms. The maximum absolute atomic E-state index is 13.0. The molecule has 0 bridgehead atoms. The Bertz CT molecular complexity index is 852. The Morgan fingerprint density at radius 2 is 2.11 bits per heavy atom. The monoisotopic (exact) mass is 384 g/mol. The minimum atomic E-state index is -0.317. The first-order chi connectivity index (χ1) is 13.7. The van der Waals surface area contributed by atoms with Crippen LogP contribution >= 0.6 is 0 Å². The fourth-order valence-corrected chi connectivity index (χ4v) is 4.97. The zero-order valence-electron chi connectivity index (χ0n) is 16.0. The van der Waals surface area contributed by atoms with Gasteiger partial charge in [-0.25, -0.2) is 9.97 Å². The first-order valence-corrected chi connectivity index (χ1v) is 9.83. The number of hydrogen-bond acceptors (Lipinski definition) is 8. The molecule has 28 heavy (non-hydrogen) atoms. The van der Waals surface area contributed by atoms with Crippen LogP contribution in [0.2, 0.25) is 0 Å². The number of hydrogen-bond donors (Lipinski definition) is 0. The predicted octanol–water partition coefficient (Wildman–Crippen LogP) is 0.673. The first-order valence-electron chi connectivity index (χ1n) is 9.83. The van der Waals surface area contributed by atoms with Crippen LogP contribution in [0, 0.1) is 12.8 Å². The highest BCUT2D eigenvalue weighted by atomic mass is 16.5. The Kier molecular flexibility index (Phi) is 4.36. The van der Waals surface area contributed by atoms with E-state index in [4.69, 9.17) is 9.26 Å². The summed E-state index contributed by atoms with van der Waals surface area (Å²) in [5, 5.41) is 4.03. The van der Waals surface area contributed by atoms with E-state index in [0.717, 1.165) is 39.1 Å². The zero-order valence-corrected chi connectivity index (χ0v) is 16.0. The van der Waals surface area contributed by atoms with Gasteiger partial charge in [0.2, 0.25) is 5.89 Å². The molecule has 148 valence electrons. The minimum Gasteiger partial charge on any atom is -0.381 e.